The molecule has 12 heteroatoms. The van der Waals surface area contributed by atoms with E-state index in [0.717, 1.165) is 46.5 Å². The number of H-pyrrole nitrogens is 3. The Morgan fingerprint density at radius 3 is 2.41 bits per heavy atom. The zero-order chi connectivity index (χ0) is 26.3. The number of aliphatic imine (C=N–C) groups is 1. The highest BCUT2D eigenvalue weighted by atomic mass is 79.9. The topological polar surface area (TPSA) is 143 Å². The van der Waals surface area contributed by atoms with Crippen molar-refractivity contribution in [3.63, 3.8) is 0 Å². The van der Waals surface area contributed by atoms with Crippen LogP contribution in [-0.2, 0) is 6.42 Å². The molecule has 192 valence electrons. The standard InChI is InChI=1S/C25H26BrN7O4/c1-3-14-10-15(26)4-5-20(14)33-23(35)16(22(34)30-25(33)37)13-27-19-11-17-18(29-24(36)28-17)12-21(19)32-8-6-31(2)7-9-32/h4-5,10-13,35H,3,6-9H2,1-2H3,(H2,28,29,36)(H,30,34,37). The lowest BCUT2D eigenvalue weighted by molar-refractivity contribution is 0.313. The van der Waals surface area contributed by atoms with Gasteiger partial charge in [-0.25, -0.2) is 14.2 Å². The van der Waals surface area contributed by atoms with E-state index in [2.05, 4.69) is 52.7 Å². The van der Waals surface area contributed by atoms with Crippen LogP contribution < -0.4 is 21.8 Å². The third-order valence-corrected chi connectivity index (χ3v) is 7.07. The molecule has 0 amide bonds. The van der Waals surface area contributed by atoms with Crippen LogP contribution in [0.5, 0.6) is 5.88 Å². The number of likely N-dealkylation sites (N-methyl/N-ethyl adjacent to an activating group) is 1. The molecule has 0 saturated carbocycles. The summed E-state index contributed by atoms with van der Waals surface area (Å²) in [6.45, 7) is 5.19. The predicted molar refractivity (Wildman–Crippen MR) is 147 cm³/mol. The van der Waals surface area contributed by atoms with Gasteiger partial charge in [0.05, 0.1) is 28.1 Å². The lowest BCUT2D eigenvalue weighted by atomic mass is 10.1. The minimum Gasteiger partial charge on any atom is -0.493 e. The van der Waals surface area contributed by atoms with Gasteiger partial charge in [0, 0.05) is 36.9 Å². The number of aromatic nitrogens is 4. The number of aromatic amines is 3. The number of benzene rings is 2. The number of halogens is 1. The average molecular weight is 568 g/mol. The maximum absolute atomic E-state index is 12.7. The minimum absolute atomic E-state index is 0.156. The molecule has 2 aromatic carbocycles. The Labute approximate surface area is 219 Å². The first-order chi connectivity index (χ1) is 17.7. The fourth-order valence-corrected chi connectivity index (χ4v) is 4.94. The number of fused-ring (bicyclic) bond motifs is 1. The Kier molecular flexibility index (Phi) is 6.61. The molecule has 2 aromatic heterocycles. The summed E-state index contributed by atoms with van der Waals surface area (Å²) in [5.41, 5.74) is 1.80. The van der Waals surface area contributed by atoms with E-state index in [0.29, 0.717) is 28.8 Å². The number of nitrogens with zero attached hydrogens (tertiary/aromatic N) is 4. The lowest BCUT2D eigenvalue weighted by Crippen LogP contribution is -2.44. The number of hydrogen-bond acceptors (Lipinski definition) is 7. The largest absolute Gasteiger partial charge is 0.493 e. The number of imidazole rings is 1. The number of aryl methyl sites for hydroxylation is 1. The van der Waals surface area contributed by atoms with Crippen LogP contribution in [0.15, 0.2) is 54.2 Å². The molecule has 0 bridgehead atoms. The maximum Gasteiger partial charge on any atom is 0.335 e. The Balaban J connectivity index is 1.63. The summed E-state index contributed by atoms with van der Waals surface area (Å²) in [7, 11) is 2.06. The van der Waals surface area contributed by atoms with E-state index < -0.39 is 17.1 Å². The van der Waals surface area contributed by atoms with Crippen LogP contribution in [0.1, 0.15) is 18.1 Å². The van der Waals surface area contributed by atoms with Crippen LogP contribution in [0.4, 0.5) is 11.4 Å². The molecule has 0 unspecified atom stereocenters. The van der Waals surface area contributed by atoms with Gasteiger partial charge in [0.2, 0.25) is 5.88 Å². The molecule has 0 atom stereocenters. The zero-order valence-corrected chi connectivity index (χ0v) is 21.9. The van der Waals surface area contributed by atoms with Crippen molar-refractivity contribution < 1.29 is 5.11 Å². The molecule has 1 fully saturated rings. The van der Waals surface area contributed by atoms with Crippen molar-refractivity contribution in [2.75, 3.05) is 38.1 Å². The smallest absolute Gasteiger partial charge is 0.335 e. The van der Waals surface area contributed by atoms with E-state index in [1.165, 1.54) is 6.21 Å². The van der Waals surface area contributed by atoms with Gasteiger partial charge in [-0.3, -0.25) is 14.8 Å². The van der Waals surface area contributed by atoms with Gasteiger partial charge in [0.15, 0.2) is 0 Å². The molecule has 0 aliphatic carbocycles. The van der Waals surface area contributed by atoms with Gasteiger partial charge in [-0.1, -0.05) is 22.9 Å². The fraction of sp³-hybridized carbons (Fsp3) is 0.280. The van der Waals surface area contributed by atoms with E-state index >= 15 is 0 Å². The molecule has 11 nitrogen and oxygen atoms in total. The molecule has 4 N–H and O–H groups in total. The van der Waals surface area contributed by atoms with Crippen molar-refractivity contribution in [2.24, 2.45) is 4.99 Å². The molecule has 0 radical (unpaired) electrons. The van der Waals surface area contributed by atoms with Crippen LogP contribution in [0, 0.1) is 0 Å². The number of aromatic hydroxyl groups is 1. The highest BCUT2D eigenvalue weighted by molar-refractivity contribution is 9.10. The molecule has 4 aromatic rings. The maximum atomic E-state index is 12.7. The molecule has 1 aliphatic rings. The Hall–Kier alpha value is -3.90. The summed E-state index contributed by atoms with van der Waals surface area (Å²) in [5, 5.41) is 11.1. The summed E-state index contributed by atoms with van der Waals surface area (Å²) < 4.78 is 1.91. The van der Waals surface area contributed by atoms with Gasteiger partial charge in [-0.05, 0) is 49.4 Å². The number of piperazine rings is 1. The van der Waals surface area contributed by atoms with Crippen molar-refractivity contribution in [1.29, 1.82) is 0 Å². The monoisotopic (exact) mass is 567 g/mol. The van der Waals surface area contributed by atoms with E-state index in [1.807, 2.05) is 19.1 Å². The first-order valence-electron chi connectivity index (χ1n) is 11.9. The van der Waals surface area contributed by atoms with E-state index in [4.69, 9.17) is 0 Å². The van der Waals surface area contributed by atoms with E-state index in [-0.39, 0.29) is 11.3 Å². The first-order valence-corrected chi connectivity index (χ1v) is 12.6. The lowest BCUT2D eigenvalue weighted by Gasteiger charge is -2.34. The van der Waals surface area contributed by atoms with Crippen molar-refractivity contribution in [1.82, 2.24) is 24.4 Å². The van der Waals surface area contributed by atoms with Crippen LogP contribution in [0.3, 0.4) is 0 Å². The minimum atomic E-state index is -0.755. The normalized spacial score (nSPS) is 14.7. The molecule has 0 spiro atoms. The third-order valence-electron chi connectivity index (χ3n) is 6.57. The molecule has 1 saturated heterocycles. The number of nitrogens with one attached hydrogen (secondary N) is 3. The average Bonchev–Trinajstić information content (AvgIpc) is 3.23. The molecule has 1 aliphatic heterocycles. The van der Waals surface area contributed by atoms with Crippen LogP contribution >= 0.6 is 15.9 Å². The number of anilines is 1. The van der Waals surface area contributed by atoms with Gasteiger partial charge in [-0.15, -0.1) is 0 Å². The molecule has 37 heavy (non-hydrogen) atoms. The van der Waals surface area contributed by atoms with Gasteiger partial charge < -0.3 is 24.9 Å². The molecular weight excluding hydrogens is 542 g/mol. The van der Waals surface area contributed by atoms with Crippen molar-refractivity contribution in [3.05, 3.63) is 77.3 Å². The molecular formula is C25H26BrN7O4. The molecule has 3 heterocycles. The summed E-state index contributed by atoms with van der Waals surface area (Å²) in [6, 6.07) is 8.89. The van der Waals surface area contributed by atoms with Crippen LogP contribution in [-0.4, -0.2) is 69.0 Å². The third kappa shape index (κ3) is 4.77. The van der Waals surface area contributed by atoms with E-state index in [9.17, 15) is 19.5 Å². The highest BCUT2D eigenvalue weighted by Gasteiger charge is 2.20. The fourth-order valence-electron chi connectivity index (χ4n) is 4.53. The Morgan fingerprint density at radius 2 is 1.70 bits per heavy atom. The van der Waals surface area contributed by atoms with E-state index in [1.54, 1.807) is 18.2 Å². The van der Waals surface area contributed by atoms with Crippen molar-refractivity contribution in [2.45, 2.75) is 13.3 Å². The second-order valence-corrected chi connectivity index (χ2v) is 9.89. The predicted octanol–water partition coefficient (Wildman–Crippen LogP) is 2.23. The first kappa shape index (κ1) is 24.8. The zero-order valence-electron chi connectivity index (χ0n) is 20.3. The summed E-state index contributed by atoms with van der Waals surface area (Å²) in [6.07, 6.45) is 1.85. The summed E-state index contributed by atoms with van der Waals surface area (Å²) in [4.78, 5) is 54.1. The quantitative estimate of drug-likeness (QED) is 0.272. The van der Waals surface area contributed by atoms with Crippen LogP contribution in [0.25, 0.3) is 16.7 Å². The Morgan fingerprint density at radius 1 is 1.00 bits per heavy atom. The van der Waals surface area contributed by atoms with Gasteiger partial charge >= 0.3 is 11.4 Å². The van der Waals surface area contributed by atoms with Gasteiger partial charge in [0.1, 0.15) is 5.56 Å². The van der Waals surface area contributed by atoms with Crippen molar-refractivity contribution in [3.8, 4) is 11.6 Å². The van der Waals surface area contributed by atoms with Crippen molar-refractivity contribution >= 4 is 44.6 Å². The molecule has 5 rings (SSSR count). The summed E-state index contributed by atoms with van der Waals surface area (Å²) in [5.74, 6) is -0.508. The Bertz CT molecular complexity index is 1690. The van der Waals surface area contributed by atoms with Gasteiger partial charge in [-0.2, -0.15) is 0 Å². The second-order valence-electron chi connectivity index (χ2n) is 8.97. The van der Waals surface area contributed by atoms with Crippen LogP contribution in [0.2, 0.25) is 0 Å². The number of hydrogen-bond donors (Lipinski definition) is 4. The second kappa shape index (κ2) is 9.87. The number of rotatable bonds is 5. The van der Waals surface area contributed by atoms with Gasteiger partial charge in [0.25, 0.3) is 5.56 Å². The highest BCUT2D eigenvalue weighted by Crippen LogP contribution is 2.33. The summed E-state index contributed by atoms with van der Waals surface area (Å²) >= 11 is 3.43. The SMILES string of the molecule is CCc1cc(Br)ccc1-n1c(O)c(C=Nc2cc3[nH]c(=O)[nH]c3cc2N2CCN(C)CC2)c(=O)[nH]c1=O.